The van der Waals surface area contributed by atoms with E-state index in [2.05, 4.69) is 29.8 Å². The van der Waals surface area contributed by atoms with E-state index in [-0.39, 0.29) is 29.9 Å². The zero-order valence-corrected chi connectivity index (χ0v) is 19.2. The fourth-order valence-electron chi connectivity index (χ4n) is 4.25. The van der Waals surface area contributed by atoms with Crippen molar-refractivity contribution in [1.82, 2.24) is 4.57 Å². The molecule has 1 fully saturated rings. The van der Waals surface area contributed by atoms with Crippen LogP contribution in [-0.4, -0.2) is 48.3 Å². The number of hydrogen-bond donors (Lipinski definition) is 0. The fourth-order valence-corrected chi connectivity index (χ4v) is 4.25. The van der Waals surface area contributed by atoms with Crippen molar-refractivity contribution in [3.63, 3.8) is 0 Å². The molecule has 1 saturated heterocycles. The number of para-hydroxylation sites is 1. The van der Waals surface area contributed by atoms with Gasteiger partial charge in [0.2, 0.25) is 0 Å². The first-order valence-corrected chi connectivity index (χ1v) is 10.3. The summed E-state index contributed by atoms with van der Waals surface area (Å²) in [4.78, 5) is 12.9. The van der Waals surface area contributed by atoms with Gasteiger partial charge in [0.1, 0.15) is 18.8 Å². The zero-order chi connectivity index (χ0) is 19.4. The van der Waals surface area contributed by atoms with E-state index < -0.39 is 0 Å². The van der Waals surface area contributed by atoms with Crippen LogP contribution in [0.4, 0.5) is 0 Å². The highest BCUT2D eigenvalue weighted by Gasteiger charge is 2.25. The Morgan fingerprint density at radius 2 is 1.69 bits per heavy atom. The number of carbonyl (C=O) groups excluding carboxylic acids is 1. The third-order valence-corrected chi connectivity index (χ3v) is 5.96. The number of aromatic nitrogens is 1. The first-order chi connectivity index (χ1) is 13.6. The molecule has 4 nitrogen and oxygen atoms in total. The Morgan fingerprint density at radius 3 is 2.45 bits per heavy atom. The first-order valence-electron chi connectivity index (χ1n) is 10.3. The van der Waals surface area contributed by atoms with E-state index in [0.717, 1.165) is 21.9 Å². The van der Waals surface area contributed by atoms with Crippen LogP contribution in [-0.2, 0) is 11.3 Å². The highest BCUT2D eigenvalue weighted by Crippen LogP contribution is 2.22. The lowest BCUT2D eigenvalue weighted by atomic mass is 10.1. The molecule has 5 heteroatoms. The Balaban J connectivity index is 0.00000240. The number of hydrogen-bond acceptors (Lipinski definition) is 2. The van der Waals surface area contributed by atoms with Gasteiger partial charge in [0.05, 0.1) is 20.1 Å². The van der Waals surface area contributed by atoms with Gasteiger partial charge in [-0.25, -0.2) is 4.79 Å². The van der Waals surface area contributed by atoms with Gasteiger partial charge in [0.15, 0.2) is 0 Å². The number of piperidine rings is 1. The molecule has 0 bridgehead atoms. The van der Waals surface area contributed by atoms with Crippen molar-refractivity contribution < 1.29 is 38.0 Å². The second-order valence-electron chi connectivity index (χ2n) is 8.15. The number of rotatable bonds is 6. The van der Waals surface area contributed by atoms with Gasteiger partial charge >= 0.3 is 5.97 Å². The van der Waals surface area contributed by atoms with Crippen molar-refractivity contribution >= 4 is 16.9 Å². The number of carbonyl (C=O) groups is 1. The fraction of sp³-hybridized carbons (Fsp3) is 0.375. The molecule has 1 aromatic heterocycles. The van der Waals surface area contributed by atoms with Gasteiger partial charge in [0, 0.05) is 17.4 Å². The summed E-state index contributed by atoms with van der Waals surface area (Å²) >= 11 is 0. The number of halogens is 1. The standard InChI is InChI=1S/C24H29N2O2.HI/c1-26(14-8-3-9-15-26)16-17-28-24(27)23-18-21-12-6-7-13-22(21)25(23)19-20-10-4-2-5-11-20;/h2,4-7,10-13,18H,3,8-9,14-17,19H2,1H3;1H/q+1;/p-1. The Morgan fingerprint density at radius 1 is 1.00 bits per heavy atom. The molecule has 0 amide bonds. The molecule has 2 heterocycles. The predicted molar refractivity (Wildman–Crippen MR) is 112 cm³/mol. The Bertz CT molecular complexity index is 946. The number of quaternary nitrogens is 1. The Labute approximate surface area is 190 Å². The lowest BCUT2D eigenvalue weighted by Crippen LogP contribution is -3.00. The summed E-state index contributed by atoms with van der Waals surface area (Å²) in [7, 11) is 2.28. The SMILES string of the molecule is C[N+]1(CCOC(=O)c2cc3ccccc3n2Cc2ccccc2)CCCCC1.[I-]. The molecular formula is C24H29IN2O2. The van der Waals surface area contributed by atoms with Crippen LogP contribution < -0.4 is 24.0 Å². The predicted octanol–water partition coefficient (Wildman–Crippen LogP) is 1.48. The molecule has 0 N–H and O–H groups in total. The van der Waals surface area contributed by atoms with Crippen LogP contribution in [0.3, 0.4) is 0 Å². The minimum atomic E-state index is -0.226. The first kappa shape index (κ1) is 21.8. The molecular weight excluding hydrogens is 475 g/mol. The summed E-state index contributed by atoms with van der Waals surface area (Å²) in [5.41, 5.74) is 2.86. The minimum absolute atomic E-state index is 0. The molecule has 0 atom stereocenters. The Hall–Kier alpha value is -1.86. The number of ether oxygens (including phenoxy) is 1. The molecule has 29 heavy (non-hydrogen) atoms. The van der Waals surface area contributed by atoms with Gasteiger partial charge in [0.25, 0.3) is 0 Å². The van der Waals surface area contributed by atoms with Crippen molar-refractivity contribution in [2.45, 2.75) is 25.8 Å². The molecule has 3 aromatic rings. The van der Waals surface area contributed by atoms with E-state index >= 15 is 0 Å². The maximum absolute atomic E-state index is 12.9. The molecule has 0 unspecified atom stereocenters. The summed E-state index contributed by atoms with van der Waals surface area (Å²) < 4.78 is 8.82. The second kappa shape index (κ2) is 9.76. The lowest BCUT2D eigenvalue weighted by Gasteiger charge is -2.37. The van der Waals surface area contributed by atoms with Crippen molar-refractivity contribution in [3.8, 4) is 0 Å². The third-order valence-electron chi connectivity index (χ3n) is 5.96. The van der Waals surface area contributed by atoms with Gasteiger partial charge in [-0.15, -0.1) is 0 Å². The molecule has 0 aliphatic carbocycles. The van der Waals surface area contributed by atoms with Gasteiger partial charge < -0.3 is 37.8 Å². The maximum atomic E-state index is 12.9. The monoisotopic (exact) mass is 504 g/mol. The van der Waals surface area contributed by atoms with E-state index in [4.69, 9.17) is 4.74 Å². The molecule has 1 aliphatic heterocycles. The topological polar surface area (TPSA) is 31.2 Å². The van der Waals surface area contributed by atoms with Crippen molar-refractivity contribution in [2.75, 3.05) is 33.3 Å². The van der Waals surface area contributed by atoms with Crippen molar-refractivity contribution in [2.24, 2.45) is 0 Å². The van der Waals surface area contributed by atoms with Crippen LogP contribution >= 0.6 is 0 Å². The van der Waals surface area contributed by atoms with Crippen LogP contribution in [0.2, 0.25) is 0 Å². The van der Waals surface area contributed by atoms with Gasteiger partial charge in [-0.2, -0.15) is 0 Å². The molecule has 0 saturated carbocycles. The molecule has 4 rings (SSSR count). The van der Waals surface area contributed by atoms with E-state index in [1.807, 2.05) is 42.5 Å². The Kier molecular flexibility index (Phi) is 7.35. The summed E-state index contributed by atoms with van der Waals surface area (Å²) in [5.74, 6) is -0.226. The van der Waals surface area contributed by atoms with Crippen molar-refractivity contribution in [3.05, 3.63) is 71.9 Å². The average molecular weight is 504 g/mol. The molecule has 0 spiro atoms. The van der Waals surface area contributed by atoms with Gasteiger partial charge in [-0.1, -0.05) is 48.5 Å². The van der Waals surface area contributed by atoms with Crippen LogP contribution in [0.25, 0.3) is 10.9 Å². The highest BCUT2D eigenvalue weighted by atomic mass is 127. The molecule has 0 radical (unpaired) electrons. The number of esters is 1. The number of nitrogens with zero attached hydrogens (tertiary/aromatic N) is 2. The number of likely N-dealkylation sites (N-methyl/N-ethyl adjacent to an activating group) is 1. The largest absolute Gasteiger partial charge is 1.00 e. The summed E-state index contributed by atoms with van der Waals surface area (Å²) in [6.07, 6.45) is 3.87. The van der Waals surface area contributed by atoms with E-state index in [9.17, 15) is 4.79 Å². The highest BCUT2D eigenvalue weighted by molar-refractivity contribution is 5.95. The smallest absolute Gasteiger partial charge is 0.355 e. The molecule has 1 aliphatic rings. The zero-order valence-electron chi connectivity index (χ0n) is 17.0. The summed E-state index contributed by atoms with van der Waals surface area (Å²) in [6.45, 7) is 4.40. The van der Waals surface area contributed by atoms with E-state index in [1.54, 1.807) is 0 Å². The van der Waals surface area contributed by atoms with Crippen molar-refractivity contribution in [1.29, 1.82) is 0 Å². The maximum Gasteiger partial charge on any atom is 0.355 e. The molecule has 2 aromatic carbocycles. The normalized spacial score (nSPS) is 15.6. The second-order valence-corrected chi connectivity index (χ2v) is 8.15. The lowest BCUT2D eigenvalue weighted by molar-refractivity contribution is -0.914. The van der Waals surface area contributed by atoms with Gasteiger partial charge in [-0.05, 0) is 37.0 Å². The average Bonchev–Trinajstić information content (AvgIpc) is 3.08. The summed E-state index contributed by atoms with van der Waals surface area (Å²) in [6, 6.07) is 20.3. The molecule has 154 valence electrons. The summed E-state index contributed by atoms with van der Waals surface area (Å²) in [5, 5.41) is 1.07. The van der Waals surface area contributed by atoms with Gasteiger partial charge in [-0.3, -0.25) is 0 Å². The van der Waals surface area contributed by atoms with E-state index in [0.29, 0.717) is 18.8 Å². The van der Waals surface area contributed by atoms with Crippen LogP contribution in [0.15, 0.2) is 60.7 Å². The quantitative estimate of drug-likeness (QED) is 0.290. The number of fused-ring (bicyclic) bond motifs is 1. The van der Waals surface area contributed by atoms with Crippen LogP contribution in [0, 0.1) is 0 Å². The van der Waals surface area contributed by atoms with Crippen LogP contribution in [0.5, 0.6) is 0 Å². The number of benzene rings is 2. The third kappa shape index (κ3) is 5.20. The minimum Gasteiger partial charge on any atom is -1.00 e. The number of likely N-dealkylation sites (tertiary alicyclic amines) is 1. The van der Waals surface area contributed by atoms with E-state index in [1.165, 1.54) is 37.9 Å². The van der Waals surface area contributed by atoms with Crippen LogP contribution in [0.1, 0.15) is 35.3 Å².